The SMILES string of the molecule is CC(=O)C1=C(O)CCCC1=O.CC(=O)C=C(C)O.CC(C)(C)c1cc2c(c(C(C)(C)C)c1)OC13Oc4c(cc(C(C)(C)C)cc4C(C)(C)C)C=[N+]1c1ccccc1[N+]3=C2.FC1(F)c2ccc[c-]c2-c2nccc3cccc1c23.Fc1c[c-]c(-c2ccccn2)c(F)c1.Fc1c[c-]c(-c2ccccn2)cc1.Fc1c[c-]c(-c2ccccn2)cc1.[Ir].[Ir].[Ir].[Ir].[Ir].[c-]1ccccc1-c1nccc2ccccc12. The molecule has 0 atom stereocenters. The van der Waals surface area contributed by atoms with E-state index >= 15 is 0 Å². The molecule has 14 nitrogen and oxygen atoms in total. The van der Waals surface area contributed by atoms with Crippen molar-refractivity contribution in [1.82, 2.24) is 24.9 Å². The third-order valence-electron chi connectivity index (χ3n) is 22.2. The van der Waals surface area contributed by atoms with Gasteiger partial charge in [0.2, 0.25) is 0 Å². The smallest absolute Gasteiger partial charge is 0.512 e. The first kappa shape index (κ1) is 113. The number of para-hydroxylation sites is 2. The molecule has 5 aliphatic rings. The average Bonchev–Trinajstić information content (AvgIpc) is 1.56. The summed E-state index contributed by atoms with van der Waals surface area (Å²) >= 11 is 0. The number of halogens is 6. The minimum absolute atomic E-state index is 0. The number of nitrogens with zero attached hydrogens (tertiary/aromatic N) is 7. The van der Waals surface area contributed by atoms with Crippen LogP contribution in [0.5, 0.6) is 11.5 Å². The van der Waals surface area contributed by atoms with E-state index in [1.807, 2.05) is 91.1 Å². The van der Waals surface area contributed by atoms with Gasteiger partial charge in [-0.2, -0.15) is 0 Å². The molecule has 5 aromatic heterocycles. The number of alkyl halides is 2. The summed E-state index contributed by atoms with van der Waals surface area (Å²) in [6.45, 7) is 31.4. The second-order valence-electron chi connectivity index (χ2n) is 36.5. The molecular formula is C114H102F6Ir5N7O7-3. The molecule has 20 rings (SSSR count). The monoisotopic (exact) mass is 2760 g/mol. The van der Waals surface area contributed by atoms with E-state index in [1.54, 1.807) is 79.4 Å². The van der Waals surface area contributed by atoms with Gasteiger partial charge < -0.3 is 44.6 Å². The first-order valence-corrected chi connectivity index (χ1v) is 43.7. The molecule has 10 aromatic carbocycles. The van der Waals surface area contributed by atoms with Gasteiger partial charge in [0.1, 0.15) is 5.76 Å². The van der Waals surface area contributed by atoms with Crippen LogP contribution >= 0.6 is 0 Å². The number of aliphatic hydroxyl groups is 2. The van der Waals surface area contributed by atoms with Crippen LogP contribution in [0.25, 0.3) is 77.8 Å². The Balaban J connectivity index is 0.000000206. The van der Waals surface area contributed by atoms with Crippen molar-refractivity contribution in [2.75, 3.05) is 0 Å². The number of benzene rings is 10. The molecule has 5 radical (unpaired) electrons. The number of hydrogen-bond donors (Lipinski definition) is 2. The van der Waals surface area contributed by atoms with Gasteiger partial charge in [-0.1, -0.05) is 203 Å². The summed E-state index contributed by atoms with van der Waals surface area (Å²) in [6, 6.07) is 87.4. The van der Waals surface area contributed by atoms with Crippen molar-refractivity contribution >= 4 is 62.7 Å². The molecule has 8 heterocycles. The minimum atomic E-state index is -3.00. The molecule has 15 aromatic rings. The van der Waals surface area contributed by atoms with Crippen molar-refractivity contribution in [3.63, 3.8) is 0 Å². The maximum atomic E-state index is 14.6. The zero-order valence-corrected chi connectivity index (χ0v) is 90.9. The van der Waals surface area contributed by atoms with E-state index < -0.39 is 23.6 Å². The van der Waals surface area contributed by atoms with Crippen LogP contribution in [-0.2, 0) is 142 Å². The van der Waals surface area contributed by atoms with E-state index in [1.165, 1.54) is 96.3 Å². The summed E-state index contributed by atoms with van der Waals surface area (Å²) in [5.74, 6) is -3.71. The Labute approximate surface area is 875 Å². The maximum absolute atomic E-state index is 14.6. The number of hydrogen-bond acceptors (Lipinski definition) is 12. The van der Waals surface area contributed by atoms with Crippen molar-refractivity contribution in [3.8, 4) is 67.8 Å². The summed E-state index contributed by atoms with van der Waals surface area (Å²) in [4.78, 5) is 52.7. The zero-order valence-electron chi connectivity index (χ0n) is 78.9. The molecule has 1 spiro atoms. The van der Waals surface area contributed by atoms with Gasteiger partial charge in [-0.3, -0.25) is 31.9 Å². The molecule has 0 saturated carbocycles. The normalized spacial score (nSPS) is 13.3. The van der Waals surface area contributed by atoms with Gasteiger partial charge in [-0.15, -0.1) is 138 Å². The van der Waals surface area contributed by atoms with E-state index in [-0.39, 0.29) is 185 Å². The van der Waals surface area contributed by atoms with E-state index in [0.29, 0.717) is 41.6 Å². The second-order valence-corrected chi connectivity index (χ2v) is 36.5. The fraction of sp³-hybridized carbons (Fsp3) is 0.211. The van der Waals surface area contributed by atoms with Crippen LogP contribution in [0.2, 0.25) is 0 Å². The number of Topliss-reactive ketones (excluding diaryl/α,β-unsaturated/α-hetero) is 2. The predicted octanol–water partition coefficient (Wildman–Crippen LogP) is 27.0. The second kappa shape index (κ2) is 48.5. The summed E-state index contributed by atoms with van der Waals surface area (Å²) in [5, 5.41) is 21.2. The third-order valence-corrected chi connectivity index (χ3v) is 22.2. The molecule has 2 N–H and O–H groups in total. The Bertz CT molecular complexity index is 6750. The minimum Gasteiger partial charge on any atom is -0.512 e. The van der Waals surface area contributed by atoms with Crippen molar-refractivity contribution in [2.45, 2.75) is 157 Å². The Morgan fingerprint density at radius 1 is 0.446 bits per heavy atom. The number of pyridine rings is 5. The van der Waals surface area contributed by atoms with E-state index in [2.05, 4.69) is 221 Å². The van der Waals surface area contributed by atoms with Crippen molar-refractivity contribution < 1.29 is 170 Å². The van der Waals surface area contributed by atoms with Crippen LogP contribution in [0.1, 0.15) is 168 Å². The van der Waals surface area contributed by atoms with Crippen LogP contribution in [0.3, 0.4) is 0 Å². The van der Waals surface area contributed by atoms with Gasteiger partial charge in [-0.05, 0) is 162 Å². The molecular weight excluding hydrogens is 2650 g/mol. The van der Waals surface area contributed by atoms with Gasteiger partial charge in [0, 0.05) is 203 Å². The van der Waals surface area contributed by atoms with Gasteiger partial charge in [-0.25, -0.2) is 8.78 Å². The molecule has 3 aliphatic heterocycles. The van der Waals surface area contributed by atoms with Gasteiger partial charge in [0.15, 0.2) is 41.3 Å². The predicted molar refractivity (Wildman–Crippen MR) is 515 cm³/mol. The third kappa shape index (κ3) is 27.1. The molecule has 0 bridgehead atoms. The van der Waals surface area contributed by atoms with Crippen LogP contribution in [-0.4, -0.2) is 80.1 Å². The number of fused-ring (bicyclic) bond motifs is 8. The van der Waals surface area contributed by atoms with Gasteiger partial charge in [0.05, 0.1) is 22.5 Å². The summed E-state index contributed by atoms with van der Waals surface area (Å²) in [7, 11) is 0. The van der Waals surface area contributed by atoms with E-state index in [4.69, 9.17) is 19.7 Å². The first-order valence-electron chi connectivity index (χ1n) is 43.7. The van der Waals surface area contributed by atoms with Crippen LogP contribution in [0.15, 0.2) is 303 Å². The number of ether oxygens (including phenoxy) is 2. The first-order chi connectivity index (χ1) is 63.7. The summed E-state index contributed by atoms with van der Waals surface area (Å²) in [5.41, 5.74) is 16.0. The Hall–Kier alpha value is -11.7. The molecule has 0 unspecified atom stereocenters. The number of ketones is 3. The number of aliphatic hydroxyl groups excluding tert-OH is 2. The largest absolute Gasteiger partial charge is 0.715 e. The standard InChI is InChI=1S/C37H46N2O2.C16H8F2N.C15H10N.C11H6F2N.2C11H7FN.C8H10O3.C5H8O2.5Ir/c1-33(2,3)25-17-23-21-38-29-15-13-14-16-30(29)39-22-24-18-26(34(4,5)6)20-28(36(10,11)12)32(24)41-37(38,39)40-31(23)27(19-25)35(7,8)9;17-16(18)12-6-2-1-5-11(12)15-14-10(8-9-19-15)4-3-7-13(14)16;1-2-7-13(8-3-1)15-14-9-5-4-6-12(14)10-11-16-15;12-8-4-5-9(10(13)7-8)11-3-1-2-6-14-11;2*12-10-6-4-9(5-7-10)11-3-1-2-8-13-11;1-5(9)8-6(10)3-2-4-7(8)11;1-4(6)3-5(2)7;;;;;/h13-22H,1-12H3;1-4,6-9H;1-7,9-11H;1-4,6-7H;2*1-4,6-8H;10H,2-4H2,1H3;3,6H,1-2H3;;;;;/q+2;5*-1;;;;;;;. The Kier molecular flexibility index (Phi) is 39.3. The number of carbonyl (C=O) groups excluding carboxylic acids is 3. The molecule has 0 amide bonds. The molecule has 25 heteroatoms. The van der Waals surface area contributed by atoms with E-state index in [9.17, 15) is 40.7 Å². The summed E-state index contributed by atoms with van der Waals surface area (Å²) < 4.78 is 99.0. The summed E-state index contributed by atoms with van der Waals surface area (Å²) in [6.07, 6.45) is 15.6. The molecule has 0 saturated heterocycles. The number of carbonyl (C=O) groups is 3. The Morgan fingerprint density at radius 3 is 1.37 bits per heavy atom. The van der Waals surface area contributed by atoms with Gasteiger partial charge >= 0.3 is 6.03 Å². The van der Waals surface area contributed by atoms with Gasteiger partial charge in [0.25, 0.3) is 17.3 Å². The van der Waals surface area contributed by atoms with E-state index in [0.717, 1.165) is 85.3 Å². The zero-order chi connectivity index (χ0) is 96.2. The topological polar surface area (TPSA) is 181 Å². The number of allylic oxidation sites excluding steroid dienone is 4. The quantitative estimate of drug-likeness (QED) is 0.0402. The van der Waals surface area contributed by atoms with Crippen LogP contribution in [0, 0.1) is 53.6 Å². The number of aromatic nitrogens is 5. The number of rotatable bonds is 6. The van der Waals surface area contributed by atoms with Crippen molar-refractivity contribution in [2.24, 2.45) is 0 Å². The van der Waals surface area contributed by atoms with Crippen LogP contribution < -0.4 is 9.47 Å². The molecule has 725 valence electrons. The molecule has 2 aliphatic carbocycles. The maximum Gasteiger partial charge on any atom is 0.715 e. The molecule has 0 fully saturated rings. The Morgan fingerprint density at radius 2 is 0.921 bits per heavy atom. The van der Waals surface area contributed by atoms with Crippen LogP contribution in [0.4, 0.5) is 37.7 Å². The average molecular weight is 2760 g/mol. The molecule has 139 heavy (non-hydrogen) atoms. The van der Waals surface area contributed by atoms with Crippen molar-refractivity contribution in [1.29, 1.82) is 0 Å². The fourth-order valence-electron chi connectivity index (χ4n) is 15.5. The fourth-order valence-corrected chi connectivity index (χ4v) is 15.5. The van der Waals surface area contributed by atoms with Crippen molar-refractivity contribution in [3.05, 3.63) is 401 Å².